The van der Waals surface area contributed by atoms with Gasteiger partial charge < -0.3 is 9.64 Å². The maximum absolute atomic E-state index is 12.4. The van der Waals surface area contributed by atoms with E-state index in [0.29, 0.717) is 19.4 Å². The number of ether oxygens (including phenoxy) is 1. The Balaban J connectivity index is 1.94. The first-order chi connectivity index (χ1) is 11.2. The van der Waals surface area contributed by atoms with Crippen LogP contribution < -0.4 is 0 Å². The van der Waals surface area contributed by atoms with E-state index in [1.54, 1.807) is 4.90 Å². The summed E-state index contributed by atoms with van der Waals surface area (Å²) in [7, 11) is -3.22. The molecule has 1 atom stereocenters. The minimum Gasteiger partial charge on any atom is -0.444 e. The van der Waals surface area contributed by atoms with Gasteiger partial charge in [-0.15, -0.1) is 0 Å². The van der Waals surface area contributed by atoms with Gasteiger partial charge in [-0.1, -0.05) is 30.3 Å². The van der Waals surface area contributed by atoms with Crippen LogP contribution in [0.5, 0.6) is 0 Å². The molecule has 0 radical (unpaired) electrons. The van der Waals surface area contributed by atoms with Crippen LogP contribution in [0.2, 0.25) is 0 Å². The van der Waals surface area contributed by atoms with Gasteiger partial charge in [-0.05, 0) is 45.6 Å². The van der Waals surface area contributed by atoms with Crippen LogP contribution >= 0.6 is 0 Å². The van der Waals surface area contributed by atoms with Crippen LogP contribution in [0.1, 0.15) is 39.2 Å². The second kappa shape index (κ2) is 7.55. The number of hydrogen-bond acceptors (Lipinski definition) is 4. The minimum absolute atomic E-state index is 0.0130. The van der Waals surface area contributed by atoms with Gasteiger partial charge in [0, 0.05) is 12.6 Å². The van der Waals surface area contributed by atoms with Crippen LogP contribution in [0.15, 0.2) is 30.3 Å². The molecule has 0 spiro atoms. The number of nitrogens with zero attached hydrogens (tertiary/aromatic N) is 1. The topological polar surface area (TPSA) is 63.7 Å². The molecule has 1 aliphatic rings. The number of likely N-dealkylation sites (tertiary alicyclic amines) is 1. The lowest BCUT2D eigenvalue weighted by Gasteiger charge is -2.28. The lowest BCUT2D eigenvalue weighted by atomic mass is 10.2. The largest absolute Gasteiger partial charge is 0.444 e. The number of benzene rings is 1. The summed E-state index contributed by atoms with van der Waals surface area (Å²) in [5, 5.41) is 0. The van der Waals surface area contributed by atoms with Crippen molar-refractivity contribution in [2.75, 3.05) is 18.1 Å². The van der Waals surface area contributed by atoms with Gasteiger partial charge in [0.2, 0.25) is 0 Å². The van der Waals surface area contributed by atoms with E-state index >= 15 is 0 Å². The Morgan fingerprint density at radius 1 is 1.25 bits per heavy atom. The summed E-state index contributed by atoms with van der Waals surface area (Å²) < 4.78 is 30.3. The highest BCUT2D eigenvalue weighted by Crippen LogP contribution is 2.22. The smallest absolute Gasteiger partial charge is 0.410 e. The normalized spacial score (nSPS) is 18.6. The number of rotatable bonds is 5. The zero-order valence-corrected chi connectivity index (χ0v) is 15.5. The van der Waals surface area contributed by atoms with E-state index in [0.717, 1.165) is 12.0 Å². The van der Waals surface area contributed by atoms with Crippen molar-refractivity contribution < 1.29 is 17.9 Å². The van der Waals surface area contributed by atoms with Crippen LogP contribution in [0, 0.1) is 0 Å². The molecule has 2 rings (SSSR count). The Labute approximate surface area is 144 Å². The molecule has 1 aromatic rings. The number of aryl methyl sites for hydroxylation is 1. The summed E-state index contributed by atoms with van der Waals surface area (Å²) in [5.41, 5.74) is 0.438. The molecule has 1 aromatic carbocycles. The molecule has 134 valence electrons. The van der Waals surface area contributed by atoms with Crippen molar-refractivity contribution in [1.29, 1.82) is 0 Å². The van der Waals surface area contributed by atoms with Gasteiger partial charge in [-0.25, -0.2) is 13.2 Å². The fourth-order valence-electron chi connectivity index (χ4n) is 2.86. The molecule has 0 unspecified atom stereocenters. The fraction of sp³-hybridized carbons (Fsp3) is 0.611. The second-order valence-electron chi connectivity index (χ2n) is 7.32. The van der Waals surface area contributed by atoms with Crippen molar-refractivity contribution in [3.05, 3.63) is 35.9 Å². The molecule has 0 saturated carbocycles. The van der Waals surface area contributed by atoms with Crippen LogP contribution in [0.25, 0.3) is 0 Å². The first kappa shape index (κ1) is 18.8. The first-order valence-corrected chi connectivity index (χ1v) is 10.2. The summed E-state index contributed by atoms with van der Waals surface area (Å²) in [5.74, 6) is 0.120. The third-order valence-electron chi connectivity index (χ3n) is 4.00. The van der Waals surface area contributed by atoms with Gasteiger partial charge in [0.15, 0.2) is 9.84 Å². The molecule has 1 amide bonds. The van der Waals surface area contributed by atoms with Crippen LogP contribution in [0.4, 0.5) is 4.79 Å². The maximum Gasteiger partial charge on any atom is 0.410 e. The fourth-order valence-corrected chi connectivity index (χ4v) is 4.51. The zero-order chi connectivity index (χ0) is 17.8. The molecular weight excluding hydrogens is 326 g/mol. The van der Waals surface area contributed by atoms with Crippen molar-refractivity contribution in [3.63, 3.8) is 0 Å². The monoisotopic (exact) mass is 353 g/mol. The molecule has 0 aromatic heterocycles. The number of hydrogen-bond donors (Lipinski definition) is 0. The van der Waals surface area contributed by atoms with Gasteiger partial charge in [0.25, 0.3) is 0 Å². The van der Waals surface area contributed by atoms with Gasteiger partial charge in [-0.3, -0.25) is 0 Å². The highest BCUT2D eigenvalue weighted by Gasteiger charge is 2.34. The molecule has 6 heteroatoms. The van der Waals surface area contributed by atoms with E-state index in [1.165, 1.54) is 0 Å². The Morgan fingerprint density at radius 2 is 1.92 bits per heavy atom. The number of amides is 1. The molecule has 1 heterocycles. The molecule has 1 fully saturated rings. The predicted molar refractivity (Wildman–Crippen MR) is 94.8 cm³/mol. The van der Waals surface area contributed by atoms with Crippen LogP contribution in [0.3, 0.4) is 0 Å². The van der Waals surface area contributed by atoms with Gasteiger partial charge in [0.1, 0.15) is 5.60 Å². The summed E-state index contributed by atoms with van der Waals surface area (Å²) >= 11 is 0. The van der Waals surface area contributed by atoms with Crippen LogP contribution in [-0.2, 0) is 21.0 Å². The molecule has 0 aliphatic carbocycles. The average Bonchev–Trinajstić information content (AvgIpc) is 2.92. The highest BCUT2D eigenvalue weighted by molar-refractivity contribution is 7.91. The molecule has 24 heavy (non-hydrogen) atoms. The third kappa shape index (κ3) is 5.82. The summed E-state index contributed by atoms with van der Waals surface area (Å²) in [6.07, 6.45) is 1.62. The maximum atomic E-state index is 12.4. The molecular formula is C18H27NO4S. The SMILES string of the molecule is CC(C)(C)OC(=O)N1CCC[C@H]1CS(=O)(=O)CCc1ccccc1. The Kier molecular flexibility index (Phi) is 5.91. The van der Waals surface area contributed by atoms with Crippen molar-refractivity contribution in [3.8, 4) is 0 Å². The predicted octanol–water partition coefficient (Wildman–Crippen LogP) is 3.04. The van der Waals surface area contributed by atoms with E-state index in [-0.39, 0.29) is 17.5 Å². The standard InChI is InChI=1S/C18H27NO4S/c1-18(2,3)23-17(20)19-12-7-10-16(19)14-24(21,22)13-11-15-8-5-4-6-9-15/h4-6,8-9,16H,7,10-14H2,1-3H3/t16-/m0/s1. The summed E-state index contributed by atoms with van der Waals surface area (Å²) in [6.45, 7) is 6.00. The van der Waals surface area contributed by atoms with Crippen molar-refractivity contribution in [2.45, 2.75) is 51.7 Å². The Hall–Kier alpha value is -1.56. The lowest BCUT2D eigenvalue weighted by Crippen LogP contribution is -2.43. The zero-order valence-electron chi connectivity index (χ0n) is 14.7. The van der Waals surface area contributed by atoms with Crippen molar-refractivity contribution in [1.82, 2.24) is 4.90 Å². The Morgan fingerprint density at radius 3 is 2.54 bits per heavy atom. The summed E-state index contributed by atoms with van der Waals surface area (Å²) in [6, 6.07) is 9.30. The average molecular weight is 353 g/mol. The van der Waals surface area contributed by atoms with Gasteiger partial charge >= 0.3 is 6.09 Å². The van der Waals surface area contributed by atoms with E-state index < -0.39 is 21.5 Å². The summed E-state index contributed by atoms with van der Waals surface area (Å²) in [4.78, 5) is 13.8. The number of carbonyl (C=O) groups excluding carboxylic acids is 1. The Bertz CT molecular complexity index is 649. The lowest BCUT2D eigenvalue weighted by molar-refractivity contribution is 0.0241. The van der Waals surface area contributed by atoms with E-state index in [1.807, 2.05) is 51.1 Å². The number of carbonyl (C=O) groups is 1. The highest BCUT2D eigenvalue weighted by atomic mass is 32.2. The van der Waals surface area contributed by atoms with E-state index in [4.69, 9.17) is 4.74 Å². The number of sulfone groups is 1. The molecule has 5 nitrogen and oxygen atoms in total. The third-order valence-corrected chi connectivity index (χ3v) is 5.71. The molecule has 1 saturated heterocycles. The van der Waals surface area contributed by atoms with Gasteiger partial charge in [0.05, 0.1) is 11.5 Å². The molecule has 1 aliphatic heterocycles. The van der Waals surface area contributed by atoms with E-state index in [2.05, 4.69) is 0 Å². The van der Waals surface area contributed by atoms with E-state index in [9.17, 15) is 13.2 Å². The second-order valence-corrected chi connectivity index (χ2v) is 9.55. The van der Waals surface area contributed by atoms with Crippen molar-refractivity contribution >= 4 is 15.9 Å². The molecule has 0 bridgehead atoms. The van der Waals surface area contributed by atoms with Gasteiger partial charge in [-0.2, -0.15) is 0 Å². The molecule has 0 N–H and O–H groups in total. The van der Waals surface area contributed by atoms with Crippen LogP contribution in [-0.4, -0.2) is 49.1 Å². The first-order valence-electron chi connectivity index (χ1n) is 8.40. The quantitative estimate of drug-likeness (QED) is 0.816. The van der Waals surface area contributed by atoms with Crippen molar-refractivity contribution in [2.24, 2.45) is 0 Å². The minimum atomic E-state index is -3.22.